The van der Waals surface area contributed by atoms with Gasteiger partial charge in [-0.3, -0.25) is 9.59 Å². The lowest BCUT2D eigenvalue weighted by atomic mass is 9.91. The molecule has 0 fully saturated rings. The van der Waals surface area contributed by atoms with Crippen molar-refractivity contribution >= 4 is 11.6 Å². The molecule has 24 heavy (non-hydrogen) atoms. The van der Waals surface area contributed by atoms with Crippen molar-refractivity contribution < 1.29 is 14.3 Å². The van der Waals surface area contributed by atoms with Crippen molar-refractivity contribution in [2.75, 3.05) is 13.7 Å². The number of hydrogen-bond donors (Lipinski definition) is 0. The number of rotatable bonds is 8. The molecule has 0 heterocycles. The molecule has 126 valence electrons. The molecule has 0 saturated carbocycles. The SMILES string of the molecule is COCC(C)Cc1ccc(C(=O)C(C)C(=O)c2ccccc2)cc1. The quantitative estimate of drug-likeness (QED) is 0.539. The molecule has 2 aromatic rings. The molecule has 0 aliphatic carbocycles. The predicted octanol–water partition coefficient (Wildman–Crippen LogP) is 4.21. The summed E-state index contributed by atoms with van der Waals surface area (Å²) in [4.78, 5) is 25.0. The Hall–Kier alpha value is -2.26. The van der Waals surface area contributed by atoms with Gasteiger partial charge in [0, 0.05) is 24.8 Å². The molecule has 0 saturated heterocycles. The third kappa shape index (κ3) is 4.62. The van der Waals surface area contributed by atoms with Crippen LogP contribution in [-0.2, 0) is 11.2 Å². The number of carbonyl (C=O) groups is 2. The van der Waals surface area contributed by atoms with E-state index in [9.17, 15) is 9.59 Å². The second-order valence-corrected chi connectivity index (χ2v) is 6.28. The molecule has 3 nitrogen and oxygen atoms in total. The van der Waals surface area contributed by atoms with Crippen LogP contribution in [0.15, 0.2) is 54.6 Å². The topological polar surface area (TPSA) is 43.4 Å². The molecule has 0 aromatic heterocycles. The van der Waals surface area contributed by atoms with Crippen LogP contribution < -0.4 is 0 Å². The molecule has 2 atom stereocenters. The van der Waals surface area contributed by atoms with E-state index >= 15 is 0 Å². The van der Waals surface area contributed by atoms with Crippen LogP contribution in [0.4, 0.5) is 0 Å². The summed E-state index contributed by atoms with van der Waals surface area (Å²) in [5.41, 5.74) is 2.32. The van der Waals surface area contributed by atoms with Gasteiger partial charge in [0.1, 0.15) is 0 Å². The van der Waals surface area contributed by atoms with Gasteiger partial charge in [0.2, 0.25) is 0 Å². The van der Waals surface area contributed by atoms with E-state index in [4.69, 9.17) is 4.74 Å². The van der Waals surface area contributed by atoms with E-state index in [0.29, 0.717) is 23.7 Å². The molecule has 2 aromatic carbocycles. The molecule has 0 spiro atoms. The smallest absolute Gasteiger partial charge is 0.173 e. The molecule has 3 heteroatoms. The van der Waals surface area contributed by atoms with E-state index < -0.39 is 5.92 Å². The summed E-state index contributed by atoms with van der Waals surface area (Å²) in [5.74, 6) is -0.528. The maximum Gasteiger partial charge on any atom is 0.173 e. The van der Waals surface area contributed by atoms with Crippen LogP contribution in [0.2, 0.25) is 0 Å². The zero-order valence-corrected chi connectivity index (χ0v) is 14.5. The van der Waals surface area contributed by atoms with Gasteiger partial charge in [-0.05, 0) is 24.8 Å². The molecule has 0 N–H and O–H groups in total. The Kier molecular flexibility index (Phi) is 6.44. The molecule has 0 aliphatic rings. The molecule has 2 rings (SSSR count). The predicted molar refractivity (Wildman–Crippen MR) is 95.5 cm³/mol. The van der Waals surface area contributed by atoms with E-state index in [1.165, 1.54) is 0 Å². The maximum absolute atomic E-state index is 12.6. The number of carbonyl (C=O) groups excluding carboxylic acids is 2. The van der Waals surface area contributed by atoms with Crippen LogP contribution in [0, 0.1) is 11.8 Å². The highest BCUT2D eigenvalue weighted by Crippen LogP contribution is 2.17. The molecule has 2 unspecified atom stereocenters. The Morgan fingerprint density at radius 3 is 1.96 bits per heavy atom. The summed E-state index contributed by atoms with van der Waals surface area (Å²) in [5, 5.41) is 0. The number of ether oxygens (including phenoxy) is 1. The van der Waals surface area contributed by atoms with Crippen molar-refractivity contribution in [1.29, 1.82) is 0 Å². The second-order valence-electron chi connectivity index (χ2n) is 6.28. The van der Waals surface area contributed by atoms with Gasteiger partial charge in [0.15, 0.2) is 11.6 Å². The maximum atomic E-state index is 12.6. The molecule has 0 bridgehead atoms. The van der Waals surface area contributed by atoms with E-state index in [1.807, 2.05) is 30.3 Å². The van der Waals surface area contributed by atoms with E-state index in [1.54, 1.807) is 38.3 Å². The number of ketones is 2. The third-order valence-electron chi connectivity index (χ3n) is 4.12. The van der Waals surface area contributed by atoms with Gasteiger partial charge in [0.25, 0.3) is 0 Å². The van der Waals surface area contributed by atoms with Crippen LogP contribution in [0.5, 0.6) is 0 Å². The Morgan fingerprint density at radius 2 is 1.42 bits per heavy atom. The minimum Gasteiger partial charge on any atom is -0.384 e. The summed E-state index contributed by atoms with van der Waals surface area (Å²) in [6.45, 7) is 4.51. The fourth-order valence-electron chi connectivity index (χ4n) is 2.77. The number of methoxy groups -OCH3 is 1. The lowest BCUT2D eigenvalue weighted by Gasteiger charge is -2.12. The van der Waals surface area contributed by atoms with Crippen molar-refractivity contribution in [3.63, 3.8) is 0 Å². The minimum atomic E-state index is -0.675. The van der Waals surface area contributed by atoms with Crippen LogP contribution in [0.25, 0.3) is 0 Å². The van der Waals surface area contributed by atoms with Gasteiger partial charge in [-0.1, -0.05) is 61.5 Å². The standard InChI is InChI=1S/C21H24O3/c1-15(14-24-3)13-17-9-11-19(12-10-17)21(23)16(2)20(22)18-7-5-4-6-8-18/h4-12,15-16H,13-14H2,1-3H3. The number of benzene rings is 2. The highest BCUT2D eigenvalue weighted by Gasteiger charge is 2.23. The average Bonchev–Trinajstić information content (AvgIpc) is 2.61. The summed E-state index contributed by atoms with van der Waals surface area (Å²) < 4.78 is 5.15. The largest absolute Gasteiger partial charge is 0.384 e. The molecule has 0 amide bonds. The Bertz CT molecular complexity index is 674. The monoisotopic (exact) mass is 324 g/mol. The van der Waals surface area contributed by atoms with Crippen molar-refractivity contribution in [1.82, 2.24) is 0 Å². The first-order chi connectivity index (χ1) is 11.5. The van der Waals surface area contributed by atoms with Crippen LogP contribution >= 0.6 is 0 Å². The van der Waals surface area contributed by atoms with E-state index in [2.05, 4.69) is 6.92 Å². The fraction of sp³-hybridized carbons (Fsp3) is 0.333. The summed E-state index contributed by atoms with van der Waals surface area (Å²) in [6.07, 6.45) is 0.904. The van der Waals surface area contributed by atoms with Crippen molar-refractivity contribution in [2.24, 2.45) is 11.8 Å². The summed E-state index contributed by atoms with van der Waals surface area (Å²) >= 11 is 0. The van der Waals surface area contributed by atoms with Gasteiger partial charge < -0.3 is 4.74 Å². The van der Waals surface area contributed by atoms with Gasteiger partial charge in [-0.2, -0.15) is 0 Å². The van der Waals surface area contributed by atoms with E-state index in [-0.39, 0.29) is 11.6 Å². The zero-order valence-electron chi connectivity index (χ0n) is 14.5. The Labute approximate surface area is 143 Å². The second kappa shape index (κ2) is 8.55. The Balaban J connectivity index is 2.05. The number of hydrogen-bond acceptors (Lipinski definition) is 3. The van der Waals surface area contributed by atoms with Crippen molar-refractivity contribution in [3.8, 4) is 0 Å². The van der Waals surface area contributed by atoms with Crippen molar-refractivity contribution in [3.05, 3.63) is 71.3 Å². The first-order valence-electron chi connectivity index (χ1n) is 8.24. The van der Waals surface area contributed by atoms with Gasteiger partial charge in [0.05, 0.1) is 5.92 Å². The molecular formula is C21H24O3. The fourth-order valence-corrected chi connectivity index (χ4v) is 2.77. The van der Waals surface area contributed by atoms with Crippen LogP contribution in [0.1, 0.15) is 40.1 Å². The lowest BCUT2D eigenvalue weighted by molar-refractivity contribution is 0.0820. The van der Waals surface area contributed by atoms with Gasteiger partial charge in [-0.15, -0.1) is 0 Å². The minimum absolute atomic E-state index is 0.139. The van der Waals surface area contributed by atoms with Crippen molar-refractivity contribution in [2.45, 2.75) is 20.3 Å². The lowest BCUT2D eigenvalue weighted by Crippen LogP contribution is -2.21. The Morgan fingerprint density at radius 1 is 0.875 bits per heavy atom. The molecule has 0 aliphatic heterocycles. The summed E-state index contributed by atoms with van der Waals surface area (Å²) in [6, 6.07) is 16.5. The normalized spacial score (nSPS) is 13.3. The average molecular weight is 324 g/mol. The highest BCUT2D eigenvalue weighted by molar-refractivity contribution is 6.15. The van der Waals surface area contributed by atoms with Gasteiger partial charge >= 0.3 is 0 Å². The first-order valence-corrected chi connectivity index (χ1v) is 8.24. The first kappa shape index (κ1) is 18.1. The zero-order chi connectivity index (χ0) is 17.5. The summed E-state index contributed by atoms with van der Waals surface area (Å²) in [7, 11) is 1.70. The van der Waals surface area contributed by atoms with Crippen LogP contribution in [-0.4, -0.2) is 25.3 Å². The highest BCUT2D eigenvalue weighted by atomic mass is 16.5. The number of Topliss-reactive ketones (excluding diaryl/α,β-unsaturated/α-hetero) is 2. The third-order valence-corrected chi connectivity index (χ3v) is 4.12. The van der Waals surface area contributed by atoms with E-state index in [0.717, 1.165) is 12.0 Å². The molecular weight excluding hydrogens is 300 g/mol. The van der Waals surface area contributed by atoms with Gasteiger partial charge in [-0.25, -0.2) is 0 Å². The van der Waals surface area contributed by atoms with Crippen LogP contribution in [0.3, 0.4) is 0 Å². The molecule has 0 radical (unpaired) electrons.